The van der Waals surface area contributed by atoms with Crippen molar-refractivity contribution in [2.24, 2.45) is 0 Å². The van der Waals surface area contributed by atoms with Crippen LogP contribution in [-0.4, -0.2) is 25.2 Å². The van der Waals surface area contributed by atoms with Gasteiger partial charge in [-0.15, -0.1) is 0 Å². The van der Waals surface area contributed by atoms with Gasteiger partial charge in [-0.3, -0.25) is 0 Å². The quantitative estimate of drug-likeness (QED) is 0.614. The number of piperazine rings is 1. The van der Waals surface area contributed by atoms with E-state index in [9.17, 15) is 0 Å². The molecule has 0 bridgehead atoms. The average molecular weight is 356 g/mol. The summed E-state index contributed by atoms with van der Waals surface area (Å²) in [6, 6.07) is 5.95. The minimum Gasteiger partial charge on any atom is -0.362 e. The van der Waals surface area contributed by atoms with E-state index < -0.39 is 0 Å². The minimum atomic E-state index is 0.607. The molecule has 2 aliphatic heterocycles. The Kier molecular flexibility index (Phi) is 3.30. The summed E-state index contributed by atoms with van der Waals surface area (Å²) in [6.45, 7) is 9.26. The van der Waals surface area contributed by atoms with Crippen LogP contribution in [0.25, 0.3) is 0 Å². The Bertz CT molecular complexity index is 472. The van der Waals surface area contributed by atoms with E-state index in [1.165, 1.54) is 16.8 Å². The molecule has 2 nitrogen and oxygen atoms in total. The van der Waals surface area contributed by atoms with Crippen LogP contribution in [0.2, 0.25) is 0 Å². The zero-order chi connectivity index (χ0) is 12.9. The van der Waals surface area contributed by atoms with Gasteiger partial charge in [0.1, 0.15) is 0 Å². The van der Waals surface area contributed by atoms with Crippen LogP contribution in [0, 0.1) is 6.92 Å². The first-order valence-corrected chi connectivity index (χ1v) is 8.35. The van der Waals surface area contributed by atoms with Gasteiger partial charge < -0.3 is 10.2 Å². The van der Waals surface area contributed by atoms with Gasteiger partial charge >= 0.3 is 0 Å². The lowest BCUT2D eigenvalue weighted by molar-refractivity contribution is 0.402. The van der Waals surface area contributed by atoms with Gasteiger partial charge in [-0.25, -0.2) is 0 Å². The first kappa shape index (κ1) is 12.7. The highest BCUT2D eigenvalue weighted by atomic mass is 127. The van der Waals surface area contributed by atoms with Crippen molar-refractivity contribution < 1.29 is 0 Å². The molecule has 3 heteroatoms. The van der Waals surface area contributed by atoms with E-state index in [0.29, 0.717) is 18.0 Å². The van der Waals surface area contributed by atoms with Crippen LogP contribution >= 0.6 is 22.6 Å². The number of rotatable bonds is 1. The smallest absolute Gasteiger partial charge is 0.0484 e. The third-order valence-electron chi connectivity index (χ3n) is 4.67. The number of nitrogens with one attached hydrogen (secondary N) is 1. The number of fused-ring (bicyclic) bond motifs is 3. The highest BCUT2D eigenvalue weighted by molar-refractivity contribution is 14.1. The molecule has 0 amide bonds. The Morgan fingerprint density at radius 3 is 2.83 bits per heavy atom. The van der Waals surface area contributed by atoms with E-state index in [1.54, 1.807) is 5.56 Å². The third kappa shape index (κ3) is 1.70. The maximum absolute atomic E-state index is 3.58. The monoisotopic (exact) mass is 356 g/mol. The van der Waals surface area contributed by atoms with Crippen LogP contribution in [0.15, 0.2) is 12.1 Å². The van der Waals surface area contributed by atoms with Crippen LogP contribution in [0.3, 0.4) is 0 Å². The summed E-state index contributed by atoms with van der Waals surface area (Å²) in [5.74, 6) is 0.650. The Labute approximate surface area is 123 Å². The van der Waals surface area contributed by atoms with E-state index in [1.807, 2.05) is 0 Å². The highest BCUT2D eigenvalue weighted by Gasteiger charge is 2.41. The molecule has 2 aliphatic rings. The normalized spacial score (nSPS) is 30.2. The first-order chi connectivity index (χ1) is 8.65. The topological polar surface area (TPSA) is 15.3 Å². The van der Waals surface area contributed by atoms with Crippen molar-refractivity contribution in [1.29, 1.82) is 0 Å². The summed E-state index contributed by atoms with van der Waals surface area (Å²) in [5, 5.41) is 3.58. The van der Waals surface area contributed by atoms with E-state index >= 15 is 0 Å². The molecule has 1 N–H and O–H groups in total. The number of nitrogens with zero attached hydrogens (tertiary/aromatic N) is 1. The second-order valence-corrected chi connectivity index (χ2v) is 6.45. The van der Waals surface area contributed by atoms with Crippen molar-refractivity contribution in [3.8, 4) is 0 Å². The van der Waals surface area contributed by atoms with Crippen LogP contribution in [0.1, 0.15) is 36.5 Å². The van der Waals surface area contributed by atoms with Gasteiger partial charge in [-0.2, -0.15) is 0 Å². The molecular weight excluding hydrogens is 335 g/mol. The molecule has 0 aliphatic carbocycles. The summed E-state index contributed by atoms with van der Waals surface area (Å²) >= 11 is 2.47. The van der Waals surface area contributed by atoms with Crippen LogP contribution in [0.4, 0.5) is 5.69 Å². The van der Waals surface area contributed by atoms with Gasteiger partial charge in [-0.05, 0) is 30.5 Å². The van der Waals surface area contributed by atoms with Crippen molar-refractivity contribution >= 4 is 28.3 Å². The van der Waals surface area contributed by atoms with Gasteiger partial charge in [0, 0.05) is 41.2 Å². The maximum atomic E-state index is 3.58. The van der Waals surface area contributed by atoms with Crippen molar-refractivity contribution in [3.05, 3.63) is 28.8 Å². The lowest BCUT2D eigenvalue weighted by Crippen LogP contribution is -2.55. The third-order valence-corrected chi connectivity index (χ3v) is 5.49. The van der Waals surface area contributed by atoms with E-state index in [4.69, 9.17) is 0 Å². The van der Waals surface area contributed by atoms with Gasteiger partial charge in [0.05, 0.1) is 0 Å². The van der Waals surface area contributed by atoms with E-state index in [0.717, 1.165) is 17.5 Å². The number of alkyl halides is 1. The lowest BCUT2D eigenvalue weighted by Gasteiger charge is -2.40. The fourth-order valence-electron chi connectivity index (χ4n) is 3.59. The van der Waals surface area contributed by atoms with Crippen molar-refractivity contribution in [2.75, 3.05) is 18.0 Å². The molecule has 0 spiro atoms. The molecule has 0 saturated carbocycles. The zero-order valence-electron chi connectivity index (χ0n) is 11.3. The van der Waals surface area contributed by atoms with Crippen molar-refractivity contribution in [1.82, 2.24) is 5.32 Å². The molecule has 0 radical (unpaired) electrons. The predicted molar refractivity (Wildman–Crippen MR) is 85.9 cm³/mol. The van der Waals surface area contributed by atoms with Crippen LogP contribution in [0.5, 0.6) is 0 Å². The largest absolute Gasteiger partial charge is 0.362 e. The standard InChI is InChI=1S/C15H21IN2/c1-9-7-17-8-14-11(3)13-5-4-12(6-16)10(2)15(13)18(9)14/h4-5,9,11,14,17H,6-8H2,1-3H3/t9-,11?,14?/m1/s1. The molecule has 98 valence electrons. The van der Waals surface area contributed by atoms with E-state index in [2.05, 4.69) is 65.7 Å². The summed E-state index contributed by atoms with van der Waals surface area (Å²) in [4.78, 5) is 2.68. The maximum Gasteiger partial charge on any atom is 0.0484 e. The lowest BCUT2D eigenvalue weighted by atomic mass is 9.94. The summed E-state index contributed by atoms with van der Waals surface area (Å²) in [6.07, 6.45) is 0. The molecule has 2 heterocycles. The van der Waals surface area contributed by atoms with Gasteiger partial charge in [0.15, 0.2) is 0 Å². The predicted octanol–water partition coefficient (Wildman–Crippen LogP) is 3.21. The molecular formula is C15H21IN2. The highest BCUT2D eigenvalue weighted by Crippen LogP contribution is 2.45. The zero-order valence-corrected chi connectivity index (χ0v) is 13.5. The SMILES string of the molecule is Cc1c(CI)ccc2c1N1C(CNC[C@H]1C)C2C. The number of anilines is 1. The molecule has 18 heavy (non-hydrogen) atoms. The van der Waals surface area contributed by atoms with Crippen molar-refractivity contribution in [3.63, 3.8) is 0 Å². The Hall–Kier alpha value is -0.290. The number of hydrogen-bond donors (Lipinski definition) is 1. The number of halogens is 1. The second-order valence-electron chi connectivity index (χ2n) is 5.69. The first-order valence-electron chi connectivity index (χ1n) is 6.82. The summed E-state index contributed by atoms with van der Waals surface area (Å²) in [5.41, 5.74) is 6.09. The molecule has 3 atom stereocenters. The molecule has 3 rings (SSSR count). The molecule has 2 unspecified atom stereocenters. The van der Waals surface area contributed by atoms with Gasteiger partial charge in [0.2, 0.25) is 0 Å². The van der Waals surface area contributed by atoms with Crippen LogP contribution < -0.4 is 10.2 Å². The molecule has 0 aromatic heterocycles. The number of benzene rings is 1. The Morgan fingerprint density at radius 2 is 2.11 bits per heavy atom. The Balaban J connectivity index is 2.14. The molecule has 1 fully saturated rings. The average Bonchev–Trinajstić information content (AvgIpc) is 2.66. The van der Waals surface area contributed by atoms with Gasteiger partial charge in [-0.1, -0.05) is 41.6 Å². The van der Waals surface area contributed by atoms with Crippen molar-refractivity contribution in [2.45, 2.75) is 43.2 Å². The molecule has 1 aromatic rings. The number of hydrogen-bond acceptors (Lipinski definition) is 2. The van der Waals surface area contributed by atoms with Crippen LogP contribution in [-0.2, 0) is 4.43 Å². The summed E-state index contributed by atoms with van der Waals surface area (Å²) in [7, 11) is 0. The molecule has 1 saturated heterocycles. The summed E-state index contributed by atoms with van der Waals surface area (Å²) < 4.78 is 1.11. The molecule has 1 aromatic carbocycles. The van der Waals surface area contributed by atoms with E-state index in [-0.39, 0.29) is 0 Å². The minimum absolute atomic E-state index is 0.607. The fourth-order valence-corrected chi connectivity index (χ4v) is 4.42. The fraction of sp³-hybridized carbons (Fsp3) is 0.600. The van der Waals surface area contributed by atoms with Gasteiger partial charge in [0.25, 0.3) is 0 Å². The Morgan fingerprint density at radius 1 is 1.33 bits per heavy atom. The second kappa shape index (κ2) is 4.67.